The van der Waals surface area contributed by atoms with E-state index in [2.05, 4.69) is 228 Å². The van der Waals surface area contributed by atoms with Crippen LogP contribution in [0.5, 0.6) is 0 Å². The lowest BCUT2D eigenvalue weighted by molar-refractivity contribution is 1.19. The minimum atomic E-state index is 1.11. The molecule has 58 heavy (non-hydrogen) atoms. The quantitative estimate of drug-likeness (QED) is 0.160. The van der Waals surface area contributed by atoms with Gasteiger partial charge in [0.15, 0.2) is 0 Å². The van der Waals surface area contributed by atoms with Crippen LogP contribution in [0.2, 0.25) is 0 Å². The molecule has 1 heterocycles. The first kappa shape index (κ1) is 32.6. The van der Waals surface area contributed by atoms with E-state index in [9.17, 15) is 0 Å². The van der Waals surface area contributed by atoms with Gasteiger partial charge in [0.05, 0.1) is 16.7 Å². The molecule has 0 unspecified atom stereocenters. The Hall–Kier alpha value is -7.68. The third-order valence-electron chi connectivity index (χ3n) is 12.1. The molecule has 0 N–H and O–H groups in total. The van der Waals surface area contributed by atoms with Gasteiger partial charge in [0, 0.05) is 33.2 Å². The Kier molecular flexibility index (Phi) is 7.26. The average Bonchev–Trinajstić information content (AvgIpc) is 3.65. The Morgan fingerprint density at radius 3 is 1.60 bits per heavy atom. The highest BCUT2D eigenvalue weighted by Gasteiger charge is 2.24. The molecular formula is C56H36N2. The minimum Gasteiger partial charge on any atom is -0.310 e. The number of rotatable bonds is 5. The molecule has 2 nitrogen and oxygen atoms in total. The standard InChI is InChI=1S/C56H36N2/c1-3-19-40(20-4-1)57(42-31-33-50-48-27-12-11-25-46(48)47-26-13-14-28-49(47)52(50)36-42)54-35-38-17-8-10-24-45(38)56-55(54)51-32-30-39(34-53(51)58(56)41-21-5-2-6-22-41)44-29-15-18-37-16-7-9-23-43(37)44/h1-36H. The predicted octanol–water partition coefficient (Wildman–Crippen LogP) is 15.7. The van der Waals surface area contributed by atoms with Crippen LogP contribution in [0.15, 0.2) is 218 Å². The summed E-state index contributed by atoms with van der Waals surface area (Å²) in [7, 11) is 0. The van der Waals surface area contributed by atoms with Crippen LogP contribution in [0, 0.1) is 0 Å². The summed E-state index contributed by atoms with van der Waals surface area (Å²) >= 11 is 0. The first-order chi connectivity index (χ1) is 28.8. The fourth-order valence-electron chi connectivity index (χ4n) is 9.57. The number of aromatic nitrogens is 1. The number of benzene rings is 11. The first-order valence-electron chi connectivity index (χ1n) is 20.0. The zero-order valence-electron chi connectivity index (χ0n) is 31.7. The van der Waals surface area contributed by atoms with E-state index in [1.54, 1.807) is 0 Å². The fraction of sp³-hybridized carbons (Fsp3) is 0. The number of nitrogens with zero attached hydrogens (tertiary/aromatic N) is 2. The van der Waals surface area contributed by atoms with Gasteiger partial charge < -0.3 is 9.47 Å². The Bertz CT molecular complexity index is 3520. The van der Waals surface area contributed by atoms with Crippen molar-refractivity contribution < 1.29 is 0 Å². The summed E-state index contributed by atoms with van der Waals surface area (Å²) < 4.78 is 2.49. The summed E-state index contributed by atoms with van der Waals surface area (Å²) in [5, 5.41) is 14.9. The van der Waals surface area contributed by atoms with Crippen LogP contribution >= 0.6 is 0 Å². The van der Waals surface area contributed by atoms with Gasteiger partial charge in [0.2, 0.25) is 0 Å². The van der Waals surface area contributed by atoms with Gasteiger partial charge in [0.1, 0.15) is 0 Å². The van der Waals surface area contributed by atoms with Crippen molar-refractivity contribution in [3.8, 4) is 16.8 Å². The smallest absolute Gasteiger partial charge is 0.0640 e. The molecule has 0 spiro atoms. The predicted molar refractivity (Wildman–Crippen MR) is 248 cm³/mol. The van der Waals surface area contributed by atoms with Crippen molar-refractivity contribution in [3.63, 3.8) is 0 Å². The van der Waals surface area contributed by atoms with E-state index in [4.69, 9.17) is 0 Å². The van der Waals surface area contributed by atoms with Crippen molar-refractivity contribution >= 4 is 92.7 Å². The molecule has 0 aliphatic rings. The van der Waals surface area contributed by atoms with Gasteiger partial charge in [0.25, 0.3) is 0 Å². The van der Waals surface area contributed by atoms with E-state index < -0.39 is 0 Å². The van der Waals surface area contributed by atoms with Crippen molar-refractivity contribution in [2.24, 2.45) is 0 Å². The van der Waals surface area contributed by atoms with Gasteiger partial charge in [-0.05, 0) is 108 Å². The number of para-hydroxylation sites is 2. The van der Waals surface area contributed by atoms with E-state index in [-0.39, 0.29) is 0 Å². The third kappa shape index (κ3) is 4.92. The maximum atomic E-state index is 2.49. The normalized spacial score (nSPS) is 11.8. The number of hydrogen-bond acceptors (Lipinski definition) is 1. The van der Waals surface area contributed by atoms with E-state index in [0.717, 1.165) is 22.7 Å². The van der Waals surface area contributed by atoms with Gasteiger partial charge >= 0.3 is 0 Å². The molecule has 0 fully saturated rings. The number of fused-ring (bicyclic) bond motifs is 12. The molecule has 0 radical (unpaired) electrons. The van der Waals surface area contributed by atoms with Crippen LogP contribution in [0.25, 0.3) is 92.5 Å². The zero-order valence-corrected chi connectivity index (χ0v) is 31.7. The zero-order chi connectivity index (χ0) is 38.2. The summed E-state index contributed by atoms with van der Waals surface area (Å²) in [6.07, 6.45) is 0. The maximum absolute atomic E-state index is 2.49. The Morgan fingerprint density at radius 1 is 0.328 bits per heavy atom. The monoisotopic (exact) mass is 736 g/mol. The lowest BCUT2D eigenvalue weighted by Gasteiger charge is -2.28. The molecule has 0 bridgehead atoms. The lowest BCUT2D eigenvalue weighted by Crippen LogP contribution is -2.10. The topological polar surface area (TPSA) is 8.17 Å². The Morgan fingerprint density at radius 2 is 0.879 bits per heavy atom. The molecule has 0 saturated carbocycles. The van der Waals surface area contributed by atoms with E-state index in [1.165, 1.54) is 86.8 Å². The summed E-state index contributed by atoms with van der Waals surface area (Å²) in [5.41, 5.74) is 9.30. The van der Waals surface area contributed by atoms with Crippen molar-refractivity contribution in [1.82, 2.24) is 4.57 Å². The second kappa shape index (κ2) is 12.9. The van der Waals surface area contributed by atoms with Crippen LogP contribution in [-0.4, -0.2) is 4.57 Å². The average molecular weight is 737 g/mol. The third-order valence-corrected chi connectivity index (χ3v) is 12.1. The van der Waals surface area contributed by atoms with Crippen molar-refractivity contribution in [3.05, 3.63) is 218 Å². The molecule has 12 aromatic rings. The van der Waals surface area contributed by atoms with Crippen LogP contribution in [-0.2, 0) is 0 Å². The first-order valence-corrected chi connectivity index (χ1v) is 20.0. The molecule has 1 aromatic heterocycles. The molecule has 2 heteroatoms. The number of anilines is 3. The second-order valence-corrected chi connectivity index (χ2v) is 15.3. The highest BCUT2D eigenvalue weighted by Crippen LogP contribution is 2.48. The summed E-state index contributed by atoms with van der Waals surface area (Å²) in [6, 6.07) is 80.1. The summed E-state index contributed by atoms with van der Waals surface area (Å²) in [6.45, 7) is 0. The largest absolute Gasteiger partial charge is 0.310 e. The molecule has 0 amide bonds. The van der Waals surface area contributed by atoms with Crippen LogP contribution in [0.4, 0.5) is 17.1 Å². The van der Waals surface area contributed by atoms with E-state index >= 15 is 0 Å². The van der Waals surface area contributed by atoms with Crippen molar-refractivity contribution in [2.45, 2.75) is 0 Å². The molecular weight excluding hydrogens is 701 g/mol. The van der Waals surface area contributed by atoms with E-state index in [1.807, 2.05) is 0 Å². The molecule has 0 saturated heterocycles. The molecule has 11 aromatic carbocycles. The minimum absolute atomic E-state index is 1.11. The maximum Gasteiger partial charge on any atom is 0.0640 e. The van der Waals surface area contributed by atoms with Gasteiger partial charge in [-0.25, -0.2) is 0 Å². The second-order valence-electron chi connectivity index (χ2n) is 15.3. The highest BCUT2D eigenvalue weighted by atomic mass is 15.1. The van der Waals surface area contributed by atoms with Crippen LogP contribution < -0.4 is 4.90 Å². The summed E-state index contributed by atoms with van der Waals surface area (Å²) in [4.78, 5) is 2.48. The Balaban J connectivity index is 1.22. The fourth-order valence-corrected chi connectivity index (χ4v) is 9.57. The Labute approximate surface area is 336 Å². The van der Waals surface area contributed by atoms with Gasteiger partial charge in [-0.2, -0.15) is 0 Å². The van der Waals surface area contributed by atoms with Crippen molar-refractivity contribution in [1.29, 1.82) is 0 Å². The van der Waals surface area contributed by atoms with Gasteiger partial charge in [-0.15, -0.1) is 0 Å². The molecule has 0 aliphatic carbocycles. The highest BCUT2D eigenvalue weighted by molar-refractivity contribution is 6.27. The van der Waals surface area contributed by atoms with Gasteiger partial charge in [-0.3, -0.25) is 0 Å². The molecule has 12 rings (SSSR count). The van der Waals surface area contributed by atoms with E-state index in [0.29, 0.717) is 0 Å². The van der Waals surface area contributed by atoms with Crippen LogP contribution in [0.1, 0.15) is 0 Å². The molecule has 0 aliphatic heterocycles. The van der Waals surface area contributed by atoms with Crippen LogP contribution in [0.3, 0.4) is 0 Å². The van der Waals surface area contributed by atoms with Gasteiger partial charge in [-0.1, -0.05) is 170 Å². The lowest BCUT2D eigenvalue weighted by atomic mass is 9.93. The SMILES string of the molecule is c1ccc(N(c2ccc3c4ccccc4c4ccccc4c3c2)c2cc3ccccc3c3c2c2ccc(-c4cccc5ccccc45)cc2n3-c2ccccc2)cc1. The van der Waals surface area contributed by atoms with Crippen molar-refractivity contribution in [2.75, 3.05) is 4.90 Å². The number of hydrogen-bond donors (Lipinski definition) is 0. The molecule has 270 valence electrons. The molecule has 0 atom stereocenters. The summed E-state index contributed by atoms with van der Waals surface area (Å²) in [5.74, 6) is 0.